The number of benzene rings is 4. The Hall–Kier alpha value is -3.95. The molecule has 9 heteroatoms. The summed E-state index contributed by atoms with van der Waals surface area (Å²) in [6.45, 7) is 7.23. The summed E-state index contributed by atoms with van der Waals surface area (Å²) in [5.74, 6) is -0.819. The summed E-state index contributed by atoms with van der Waals surface area (Å²) < 4.78 is 29.9. The fraction of sp³-hybridized carbons (Fsp3) is 0.257. The highest BCUT2D eigenvalue weighted by Gasteiger charge is 2.35. The molecule has 1 atom stereocenters. The van der Waals surface area contributed by atoms with Crippen LogP contribution in [0.4, 0.5) is 5.69 Å². The van der Waals surface area contributed by atoms with Crippen LogP contribution in [0.3, 0.4) is 0 Å². The topological polar surface area (TPSA) is 86.8 Å². The first kappa shape index (κ1) is 33.0. The molecule has 4 rings (SSSR count). The van der Waals surface area contributed by atoms with Gasteiger partial charge in [0.2, 0.25) is 11.8 Å². The molecule has 0 aliphatic heterocycles. The maximum atomic E-state index is 14.5. The van der Waals surface area contributed by atoms with Gasteiger partial charge in [-0.15, -0.1) is 0 Å². The molecule has 0 aliphatic carbocycles. The molecule has 4 aromatic carbocycles. The molecule has 0 saturated carbocycles. The Morgan fingerprint density at radius 3 is 2.07 bits per heavy atom. The van der Waals surface area contributed by atoms with Gasteiger partial charge in [0.05, 0.1) is 10.6 Å². The number of carbonyl (C=O) groups is 2. The first-order chi connectivity index (χ1) is 20.8. The number of aryl methyl sites for hydroxylation is 1. The van der Waals surface area contributed by atoms with Gasteiger partial charge < -0.3 is 10.2 Å². The zero-order valence-electron chi connectivity index (χ0n) is 25.4. The number of halogens is 1. The molecule has 0 bridgehead atoms. The minimum atomic E-state index is -4.15. The van der Waals surface area contributed by atoms with Crippen molar-refractivity contribution in [3.05, 3.63) is 130 Å². The van der Waals surface area contributed by atoms with Crippen molar-refractivity contribution in [3.8, 4) is 0 Å². The number of rotatable bonds is 11. The molecule has 0 saturated heterocycles. The van der Waals surface area contributed by atoms with Crippen LogP contribution in [-0.2, 0) is 32.6 Å². The molecule has 0 spiro atoms. The third-order valence-corrected chi connectivity index (χ3v) is 9.36. The summed E-state index contributed by atoms with van der Waals surface area (Å²) in [6.07, 6.45) is 0.253. The Morgan fingerprint density at radius 1 is 0.841 bits per heavy atom. The Bertz CT molecular complexity index is 1690. The third-order valence-electron chi connectivity index (χ3n) is 7.08. The lowest BCUT2D eigenvalue weighted by Gasteiger charge is -2.35. The van der Waals surface area contributed by atoms with E-state index in [1.807, 2.05) is 82.3 Å². The number of carbonyl (C=O) groups excluding carboxylic acids is 2. The molecule has 0 radical (unpaired) electrons. The van der Waals surface area contributed by atoms with Crippen molar-refractivity contribution in [2.75, 3.05) is 10.8 Å². The first-order valence-corrected chi connectivity index (χ1v) is 16.6. The van der Waals surface area contributed by atoms with E-state index in [0.29, 0.717) is 10.2 Å². The van der Waals surface area contributed by atoms with Gasteiger partial charge in [0.1, 0.15) is 12.6 Å². The van der Waals surface area contributed by atoms with E-state index in [4.69, 9.17) is 0 Å². The second-order valence-corrected chi connectivity index (χ2v) is 14.5. The fourth-order valence-corrected chi connectivity index (χ4v) is 6.67. The number of nitrogens with one attached hydrogen (secondary N) is 1. The van der Waals surface area contributed by atoms with E-state index in [1.54, 1.807) is 42.5 Å². The average Bonchev–Trinajstić information content (AvgIpc) is 2.98. The largest absolute Gasteiger partial charge is 0.350 e. The monoisotopic (exact) mass is 675 g/mol. The Labute approximate surface area is 269 Å². The predicted molar refractivity (Wildman–Crippen MR) is 179 cm³/mol. The Morgan fingerprint density at radius 2 is 1.45 bits per heavy atom. The van der Waals surface area contributed by atoms with Crippen molar-refractivity contribution in [3.63, 3.8) is 0 Å². The minimum absolute atomic E-state index is 0.0598. The quantitative estimate of drug-likeness (QED) is 0.196. The van der Waals surface area contributed by atoms with Gasteiger partial charge in [-0.3, -0.25) is 13.9 Å². The van der Waals surface area contributed by atoms with Crippen LogP contribution in [0.25, 0.3) is 0 Å². The van der Waals surface area contributed by atoms with Crippen LogP contribution in [0.2, 0.25) is 0 Å². The molecular weight excluding hydrogens is 638 g/mol. The molecule has 0 heterocycles. The van der Waals surface area contributed by atoms with E-state index in [-0.39, 0.29) is 23.8 Å². The first-order valence-electron chi connectivity index (χ1n) is 14.4. The molecule has 1 N–H and O–H groups in total. The van der Waals surface area contributed by atoms with Crippen molar-refractivity contribution in [1.29, 1.82) is 0 Å². The van der Waals surface area contributed by atoms with Crippen LogP contribution in [-0.4, -0.2) is 43.3 Å². The van der Waals surface area contributed by atoms with Crippen LogP contribution in [0.5, 0.6) is 0 Å². The maximum absolute atomic E-state index is 14.5. The van der Waals surface area contributed by atoms with E-state index in [2.05, 4.69) is 21.2 Å². The second kappa shape index (κ2) is 14.2. The van der Waals surface area contributed by atoms with Crippen LogP contribution in [0.1, 0.15) is 37.5 Å². The van der Waals surface area contributed by atoms with Crippen LogP contribution in [0, 0.1) is 6.92 Å². The minimum Gasteiger partial charge on any atom is -0.350 e. The van der Waals surface area contributed by atoms with Crippen molar-refractivity contribution in [2.45, 2.75) is 57.1 Å². The van der Waals surface area contributed by atoms with Gasteiger partial charge in [0.15, 0.2) is 0 Å². The van der Waals surface area contributed by atoms with Gasteiger partial charge in [-0.25, -0.2) is 8.42 Å². The molecular formula is C35H38BrN3O4S. The summed E-state index contributed by atoms with van der Waals surface area (Å²) in [5, 5.41) is 3.05. The molecule has 0 aromatic heterocycles. The molecule has 4 aromatic rings. The molecule has 0 unspecified atom stereocenters. The maximum Gasteiger partial charge on any atom is 0.264 e. The van der Waals surface area contributed by atoms with Gasteiger partial charge in [-0.1, -0.05) is 94.8 Å². The molecule has 7 nitrogen and oxygen atoms in total. The summed E-state index contributed by atoms with van der Waals surface area (Å²) in [6, 6.07) is 31.1. The number of anilines is 1. The number of amides is 2. The molecule has 44 heavy (non-hydrogen) atoms. The lowest BCUT2D eigenvalue weighted by Crippen LogP contribution is -2.56. The lowest BCUT2D eigenvalue weighted by molar-refractivity contribution is -0.140. The zero-order chi connectivity index (χ0) is 31.9. The zero-order valence-corrected chi connectivity index (χ0v) is 27.8. The SMILES string of the molecule is Cc1ccccc1CN(C(=O)CN(c1cccc(Br)c1)S(=O)(=O)c1ccccc1)[C@H](Cc1ccccc1)C(=O)NC(C)(C)C. The Kier molecular flexibility index (Phi) is 10.7. The number of hydrogen-bond donors (Lipinski definition) is 1. The van der Waals surface area contributed by atoms with E-state index < -0.39 is 34.1 Å². The van der Waals surface area contributed by atoms with Crippen molar-refractivity contribution in [1.82, 2.24) is 10.2 Å². The third kappa shape index (κ3) is 8.57. The van der Waals surface area contributed by atoms with Crippen LogP contribution in [0.15, 0.2) is 119 Å². The highest BCUT2D eigenvalue weighted by Crippen LogP contribution is 2.27. The summed E-state index contributed by atoms with van der Waals surface area (Å²) in [4.78, 5) is 30.1. The van der Waals surface area contributed by atoms with Crippen molar-refractivity contribution >= 4 is 43.5 Å². The predicted octanol–water partition coefficient (Wildman–Crippen LogP) is 6.51. The van der Waals surface area contributed by atoms with Gasteiger partial charge in [-0.2, -0.15) is 0 Å². The standard InChI is InChI=1S/C35H38BrN3O4S/c1-26-14-11-12-17-28(26)24-38(32(34(41)37-35(2,3)4)22-27-15-7-5-8-16-27)33(40)25-39(30-19-13-18-29(36)23-30)44(42,43)31-20-9-6-10-21-31/h5-21,23,32H,22,24-25H2,1-4H3,(H,37,41)/t32-/m1/s1. The molecule has 2 amide bonds. The summed E-state index contributed by atoms with van der Waals surface area (Å²) in [7, 11) is -4.15. The Balaban J connectivity index is 1.82. The number of sulfonamides is 1. The molecule has 0 fully saturated rings. The van der Waals surface area contributed by atoms with Crippen LogP contribution < -0.4 is 9.62 Å². The smallest absolute Gasteiger partial charge is 0.264 e. The fourth-order valence-electron chi connectivity index (χ4n) is 4.86. The van der Waals surface area contributed by atoms with E-state index in [1.165, 1.54) is 17.0 Å². The van der Waals surface area contributed by atoms with E-state index >= 15 is 0 Å². The van der Waals surface area contributed by atoms with Gasteiger partial charge in [0, 0.05) is 23.0 Å². The normalized spacial score (nSPS) is 12.3. The number of nitrogens with zero attached hydrogens (tertiary/aromatic N) is 2. The molecule has 230 valence electrons. The van der Waals surface area contributed by atoms with Gasteiger partial charge >= 0.3 is 0 Å². The highest BCUT2D eigenvalue weighted by atomic mass is 79.9. The summed E-state index contributed by atoms with van der Waals surface area (Å²) >= 11 is 3.44. The lowest BCUT2D eigenvalue weighted by atomic mass is 10.00. The molecule has 0 aliphatic rings. The van der Waals surface area contributed by atoms with Gasteiger partial charge in [0.25, 0.3) is 10.0 Å². The highest BCUT2D eigenvalue weighted by molar-refractivity contribution is 9.10. The van der Waals surface area contributed by atoms with E-state index in [0.717, 1.165) is 21.0 Å². The van der Waals surface area contributed by atoms with E-state index in [9.17, 15) is 18.0 Å². The summed E-state index contributed by atoms with van der Waals surface area (Å²) in [5.41, 5.74) is 2.47. The number of hydrogen-bond acceptors (Lipinski definition) is 4. The second-order valence-electron chi connectivity index (χ2n) is 11.7. The van der Waals surface area contributed by atoms with Crippen molar-refractivity contribution < 1.29 is 18.0 Å². The van der Waals surface area contributed by atoms with Gasteiger partial charge in [-0.05, 0) is 74.7 Å². The van der Waals surface area contributed by atoms with Crippen LogP contribution >= 0.6 is 15.9 Å². The van der Waals surface area contributed by atoms with Crippen molar-refractivity contribution in [2.24, 2.45) is 0 Å². The average molecular weight is 677 g/mol.